The summed E-state index contributed by atoms with van der Waals surface area (Å²) in [5, 5.41) is 6.71. The number of benzene rings is 3. The van der Waals surface area contributed by atoms with E-state index < -0.39 is 16.0 Å². The fraction of sp³-hybridized carbons (Fsp3) is 0.259. The van der Waals surface area contributed by atoms with Crippen LogP contribution in [0.1, 0.15) is 21.5 Å². The Morgan fingerprint density at radius 1 is 0.976 bits per heavy atom. The fourth-order valence-electron chi connectivity index (χ4n) is 3.77. The van der Waals surface area contributed by atoms with Gasteiger partial charge in [0, 0.05) is 38.3 Å². The zero-order valence-electron chi connectivity index (χ0n) is 21.9. The summed E-state index contributed by atoms with van der Waals surface area (Å²) < 4.78 is 35.0. The van der Waals surface area contributed by atoms with Crippen LogP contribution in [0.3, 0.4) is 0 Å². The first kappa shape index (κ1) is 34.0. The number of nitrogens with zero attached hydrogens (tertiary/aromatic N) is 1. The first-order chi connectivity index (χ1) is 19.0. The van der Waals surface area contributed by atoms with Gasteiger partial charge in [-0.1, -0.05) is 59.6 Å². The van der Waals surface area contributed by atoms with Crippen molar-refractivity contribution in [3.63, 3.8) is 0 Å². The average molecular weight is 628 g/mol. The van der Waals surface area contributed by atoms with Gasteiger partial charge in [0.1, 0.15) is 0 Å². The molecule has 0 bridgehead atoms. The SMILES string of the molecule is NC(=O)c1ccc(CNC(=O)NC[C@H]2CN(Cc3ccc(Cl)c(Cl)c3)CCO2)cc1.O.O=S(=O)(O)c1ccccc1. The Hall–Kier alpha value is -3.23. The van der Waals surface area contributed by atoms with E-state index in [1.165, 1.54) is 12.1 Å². The van der Waals surface area contributed by atoms with Gasteiger partial charge in [-0.25, -0.2) is 4.79 Å². The number of nitrogens with one attached hydrogen (secondary N) is 2. The quantitative estimate of drug-likeness (QED) is 0.277. The van der Waals surface area contributed by atoms with Crippen molar-refractivity contribution in [2.45, 2.75) is 24.1 Å². The lowest BCUT2D eigenvalue weighted by molar-refractivity contribution is -0.0287. The van der Waals surface area contributed by atoms with Crippen LogP contribution in [0.2, 0.25) is 10.0 Å². The van der Waals surface area contributed by atoms with Crippen molar-refractivity contribution in [2.24, 2.45) is 5.73 Å². The average Bonchev–Trinajstić information content (AvgIpc) is 2.93. The summed E-state index contributed by atoms with van der Waals surface area (Å²) in [5.74, 6) is -0.479. The Balaban J connectivity index is 0.000000452. The Labute approximate surface area is 248 Å². The molecule has 1 aliphatic heterocycles. The first-order valence-electron chi connectivity index (χ1n) is 12.2. The molecule has 3 aromatic carbocycles. The van der Waals surface area contributed by atoms with Gasteiger partial charge in [-0.3, -0.25) is 14.2 Å². The molecule has 0 radical (unpaired) electrons. The number of hydrogen-bond donors (Lipinski definition) is 4. The molecule has 7 N–H and O–H groups in total. The summed E-state index contributed by atoms with van der Waals surface area (Å²) in [6.07, 6.45) is -0.0953. The molecule has 14 heteroatoms. The predicted octanol–water partition coefficient (Wildman–Crippen LogP) is 2.90. The fourth-order valence-corrected chi connectivity index (χ4v) is 4.60. The molecule has 0 aromatic heterocycles. The molecule has 0 aliphatic carbocycles. The Morgan fingerprint density at radius 2 is 1.63 bits per heavy atom. The number of carbonyl (C=O) groups excluding carboxylic acids is 2. The van der Waals surface area contributed by atoms with Crippen LogP contribution in [0, 0.1) is 0 Å². The number of ether oxygens (including phenoxy) is 1. The highest BCUT2D eigenvalue weighted by Gasteiger charge is 2.21. The van der Waals surface area contributed by atoms with Gasteiger partial charge in [-0.15, -0.1) is 0 Å². The molecular weight excluding hydrogens is 595 g/mol. The summed E-state index contributed by atoms with van der Waals surface area (Å²) in [5.41, 5.74) is 7.60. The molecule has 4 rings (SSSR count). The van der Waals surface area contributed by atoms with Crippen LogP contribution in [-0.4, -0.2) is 67.6 Å². The van der Waals surface area contributed by atoms with Crippen LogP contribution < -0.4 is 16.4 Å². The number of hydrogen-bond acceptors (Lipinski definition) is 6. The van der Waals surface area contributed by atoms with Gasteiger partial charge in [0.15, 0.2) is 0 Å². The molecule has 3 amide bonds. The van der Waals surface area contributed by atoms with Crippen molar-refractivity contribution in [3.8, 4) is 0 Å². The number of amides is 3. The van der Waals surface area contributed by atoms with Gasteiger partial charge < -0.3 is 26.6 Å². The van der Waals surface area contributed by atoms with E-state index in [9.17, 15) is 18.0 Å². The number of primary amides is 1. The van der Waals surface area contributed by atoms with Crippen molar-refractivity contribution in [1.82, 2.24) is 15.5 Å². The molecule has 41 heavy (non-hydrogen) atoms. The Bertz CT molecular complexity index is 1390. The smallest absolute Gasteiger partial charge is 0.315 e. The van der Waals surface area contributed by atoms with E-state index >= 15 is 0 Å². The van der Waals surface area contributed by atoms with Crippen LogP contribution in [0.4, 0.5) is 4.79 Å². The standard InChI is InChI=1S/C21H24Cl2N4O3.C6H6O3S.H2O/c22-18-6-3-15(9-19(18)23)12-27-7-8-30-17(13-27)11-26-21(29)25-10-14-1-4-16(5-2-14)20(24)28;7-10(8,9)6-4-2-1-3-5-6;/h1-6,9,17H,7-8,10-13H2,(H2,24,28)(H2,25,26,29);1-5H,(H,7,8,9);1H2/t17-;;/m0../s1. The number of rotatable bonds is 8. The summed E-state index contributed by atoms with van der Waals surface area (Å²) >= 11 is 12.1. The molecule has 0 unspecified atom stereocenters. The third kappa shape index (κ3) is 11.7. The van der Waals surface area contributed by atoms with E-state index in [1.807, 2.05) is 12.1 Å². The second kappa shape index (κ2) is 16.3. The van der Waals surface area contributed by atoms with E-state index in [0.717, 1.165) is 24.2 Å². The normalized spacial score (nSPS) is 15.0. The lowest BCUT2D eigenvalue weighted by atomic mass is 10.1. The van der Waals surface area contributed by atoms with Gasteiger partial charge >= 0.3 is 6.03 Å². The molecule has 1 saturated heterocycles. The summed E-state index contributed by atoms with van der Waals surface area (Å²) in [6.45, 7) is 3.61. The van der Waals surface area contributed by atoms with Crippen molar-refractivity contribution in [2.75, 3.05) is 26.2 Å². The minimum Gasteiger partial charge on any atom is -0.412 e. The lowest BCUT2D eigenvalue weighted by Crippen LogP contribution is -2.48. The number of nitrogens with two attached hydrogens (primary N) is 1. The van der Waals surface area contributed by atoms with Crippen molar-refractivity contribution >= 4 is 45.3 Å². The highest BCUT2D eigenvalue weighted by molar-refractivity contribution is 7.85. The summed E-state index contributed by atoms with van der Waals surface area (Å²) in [4.78, 5) is 25.4. The molecule has 1 aliphatic rings. The van der Waals surface area contributed by atoms with Crippen LogP contribution in [0.5, 0.6) is 0 Å². The van der Waals surface area contributed by atoms with Crippen LogP contribution in [0.15, 0.2) is 77.7 Å². The maximum atomic E-state index is 12.1. The Kier molecular flexibility index (Phi) is 13.5. The molecule has 3 aromatic rings. The predicted molar refractivity (Wildman–Crippen MR) is 157 cm³/mol. The van der Waals surface area contributed by atoms with Crippen molar-refractivity contribution in [1.29, 1.82) is 0 Å². The number of morpholine rings is 1. The van der Waals surface area contributed by atoms with Crippen LogP contribution >= 0.6 is 23.2 Å². The number of halogens is 2. The maximum absolute atomic E-state index is 12.1. The van der Waals surface area contributed by atoms with Crippen LogP contribution in [0.25, 0.3) is 0 Å². The largest absolute Gasteiger partial charge is 0.412 e. The van der Waals surface area contributed by atoms with E-state index in [4.69, 9.17) is 38.2 Å². The third-order valence-electron chi connectivity index (χ3n) is 5.84. The minimum absolute atomic E-state index is 0. The zero-order chi connectivity index (χ0) is 29.1. The molecule has 1 fully saturated rings. The van der Waals surface area contributed by atoms with Gasteiger partial charge in [0.25, 0.3) is 10.1 Å². The van der Waals surface area contributed by atoms with E-state index in [1.54, 1.807) is 48.5 Å². The molecule has 1 heterocycles. The lowest BCUT2D eigenvalue weighted by Gasteiger charge is -2.33. The third-order valence-corrected chi connectivity index (χ3v) is 7.44. The minimum atomic E-state index is -4.00. The molecule has 222 valence electrons. The molecule has 1 atom stereocenters. The van der Waals surface area contributed by atoms with Crippen molar-refractivity contribution in [3.05, 3.63) is 99.5 Å². The summed E-state index contributed by atoms with van der Waals surface area (Å²) in [7, 11) is -4.00. The highest BCUT2D eigenvalue weighted by Crippen LogP contribution is 2.23. The zero-order valence-corrected chi connectivity index (χ0v) is 24.3. The second-order valence-corrected chi connectivity index (χ2v) is 11.1. The van der Waals surface area contributed by atoms with Crippen LogP contribution in [-0.2, 0) is 27.9 Å². The van der Waals surface area contributed by atoms with Gasteiger partial charge in [-0.2, -0.15) is 8.42 Å². The monoisotopic (exact) mass is 626 g/mol. The Morgan fingerprint density at radius 3 is 2.22 bits per heavy atom. The summed E-state index contributed by atoms with van der Waals surface area (Å²) in [6, 6.07) is 19.5. The van der Waals surface area contributed by atoms with E-state index in [2.05, 4.69) is 15.5 Å². The van der Waals surface area contributed by atoms with Gasteiger partial charge in [0.2, 0.25) is 5.91 Å². The van der Waals surface area contributed by atoms with Gasteiger partial charge in [0.05, 0.1) is 27.7 Å². The first-order valence-corrected chi connectivity index (χ1v) is 14.4. The van der Waals surface area contributed by atoms with Gasteiger partial charge in [-0.05, 0) is 47.5 Å². The topological polar surface area (TPSA) is 183 Å². The van der Waals surface area contributed by atoms with Crippen molar-refractivity contribution < 1.29 is 32.8 Å². The maximum Gasteiger partial charge on any atom is 0.315 e. The second-order valence-electron chi connectivity index (χ2n) is 8.89. The van der Waals surface area contributed by atoms with E-state index in [-0.39, 0.29) is 22.5 Å². The van der Waals surface area contributed by atoms with E-state index in [0.29, 0.717) is 41.8 Å². The number of urea groups is 1. The number of carbonyl (C=O) groups is 2. The molecular formula is C27H32Cl2N4O7S. The molecule has 0 saturated carbocycles. The molecule has 0 spiro atoms. The molecule has 11 nitrogen and oxygen atoms in total. The highest BCUT2D eigenvalue weighted by atomic mass is 35.5.